The summed E-state index contributed by atoms with van der Waals surface area (Å²) < 4.78 is 27.1. The normalized spacial score (nSPS) is 17.1. The number of thiazole rings is 1. The number of aromatic nitrogens is 1. The number of nitrogens with zero attached hydrogens (tertiary/aromatic N) is 3. The zero-order chi connectivity index (χ0) is 15.9. The van der Waals surface area contributed by atoms with Crippen molar-refractivity contribution in [1.82, 2.24) is 9.29 Å². The van der Waals surface area contributed by atoms with E-state index in [9.17, 15) is 8.42 Å². The Kier molecular flexibility index (Phi) is 4.28. The molecule has 1 aliphatic rings. The van der Waals surface area contributed by atoms with Crippen LogP contribution in [-0.2, 0) is 10.0 Å². The summed E-state index contributed by atoms with van der Waals surface area (Å²) in [4.78, 5) is 10.1. The first-order chi connectivity index (χ1) is 10.4. The molecule has 0 amide bonds. The van der Waals surface area contributed by atoms with Crippen molar-refractivity contribution < 1.29 is 8.42 Å². The van der Waals surface area contributed by atoms with Crippen LogP contribution in [0.5, 0.6) is 0 Å². The van der Waals surface area contributed by atoms with Crippen LogP contribution in [-0.4, -0.2) is 43.9 Å². The van der Waals surface area contributed by atoms with Crippen LogP contribution in [0.25, 0.3) is 0 Å². The second kappa shape index (κ2) is 5.92. The lowest BCUT2D eigenvalue weighted by atomic mass is 10.4. The molecule has 0 N–H and O–H groups in total. The number of anilines is 1. The van der Waals surface area contributed by atoms with Gasteiger partial charge < -0.3 is 4.90 Å². The first kappa shape index (κ1) is 15.9. The smallest absolute Gasteiger partial charge is 0.244 e. The van der Waals surface area contributed by atoms with E-state index in [2.05, 4.69) is 9.88 Å². The van der Waals surface area contributed by atoms with E-state index in [0.29, 0.717) is 31.1 Å². The monoisotopic (exact) mass is 357 g/mol. The SMILES string of the molecule is Cc1cnc(N2CCN(S(=O)(=O)c3cc(C)sc3C)CC2)s1. The highest BCUT2D eigenvalue weighted by Crippen LogP contribution is 2.29. The van der Waals surface area contributed by atoms with Gasteiger partial charge in [-0.05, 0) is 26.8 Å². The van der Waals surface area contributed by atoms with E-state index in [-0.39, 0.29) is 0 Å². The fraction of sp³-hybridized carbons (Fsp3) is 0.500. The highest BCUT2D eigenvalue weighted by Gasteiger charge is 2.31. The second-order valence-electron chi connectivity index (χ2n) is 5.42. The Morgan fingerprint density at radius 1 is 1.05 bits per heavy atom. The van der Waals surface area contributed by atoms with Crippen LogP contribution in [0.3, 0.4) is 0 Å². The summed E-state index contributed by atoms with van der Waals surface area (Å²) in [7, 11) is -3.37. The van der Waals surface area contributed by atoms with E-state index in [0.717, 1.165) is 14.9 Å². The van der Waals surface area contributed by atoms with E-state index >= 15 is 0 Å². The van der Waals surface area contributed by atoms with Crippen molar-refractivity contribution in [1.29, 1.82) is 0 Å². The van der Waals surface area contributed by atoms with Gasteiger partial charge in [0, 0.05) is 47.0 Å². The van der Waals surface area contributed by atoms with Crippen LogP contribution in [0.1, 0.15) is 14.6 Å². The van der Waals surface area contributed by atoms with E-state index in [1.807, 2.05) is 27.0 Å². The lowest BCUT2D eigenvalue weighted by Crippen LogP contribution is -2.48. The van der Waals surface area contributed by atoms with Crippen molar-refractivity contribution in [2.45, 2.75) is 25.7 Å². The Labute approximate surface area is 139 Å². The van der Waals surface area contributed by atoms with Crippen LogP contribution in [0.4, 0.5) is 5.13 Å². The Bertz CT molecular complexity index is 771. The molecule has 0 aliphatic carbocycles. The maximum atomic E-state index is 12.8. The fourth-order valence-corrected chi connectivity index (χ4v) is 6.37. The largest absolute Gasteiger partial charge is 0.345 e. The van der Waals surface area contributed by atoms with E-state index in [1.54, 1.807) is 21.7 Å². The highest BCUT2D eigenvalue weighted by atomic mass is 32.2. The first-order valence-corrected chi connectivity index (χ1v) is 10.2. The predicted molar refractivity (Wildman–Crippen MR) is 91.6 cm³/mol. The Morgan fingerprint density at radius 2 is 1.73 bits per heavy atom. The summed E-state index contributed by atoms with van der Waals surface area (Å²) in [5.74, 6) is 0. The van der Waals surface area contributed by atoms with Crippen molar-refractivity contribution in [2.75, 3.05) is 31.1 Å². The van der Waals surface area contributed by atoms with Crippen LogP contribution >= 0.6 is 22.7 Å². The van der Waals surface area contributed by atoms with Gasteiger partial charge in [0.15, 0.2) is 5.13 Å². The third kappa shape index (κ3) is 2.92. The molecular weight excluding hydrogens is 338 g/mol. The minimum Gasteiger partial charge on any atom is -0.345 e. The zero-order valence-electron chi connectivity index (χ0n) is 12.9. The van der Waals surface area contributed by atoms with Gasteiger partial charge in [0.1, 0.15) is 0 Å². The molecule has 1 aliphatic heterocycles. The third-order valence-electron chi connectivity index (χ3n) is 3.73. The van der Waals surface area contributed by atoms with Gasteiger partial charge in [-0.25, -0.2) is 13.4 Å². The van der Waals surface area contributed by atoms with Crippen molar-refractivity contribution in [3.05, 3.63) is 26.9 Å². The molecule has 1 fully saturated rings. The molecule has 0 unspecified atom stereocenters. The summed E-state index contributed by atoms with van der Waals surface area (Å²) in [6, 6.07) is 1.78. The van der Waals surface area contributed by atoms with Gasteiger partial charge in [-0.2, -0.15) is 4.31 Å². The van der Waals surface area contributed by atoms with Crippen LogP contribution in [0.15, 0.2) is 17.2 Å². The van der Waals surface area contributed by atoms with Crippen molar-refractivity contribution in [2.24, 2.45) is 0 Å². The molecule has 2 aromatic heterocycles. The third-order valence-corrected chi connectivity index (χ3v) is 7.83. The average Bonchev–Trinajstić information content (AvgIpc) is 3.05. The lowest BCUT2D eigenvalue weighted by Gasteiger charge is -2.33. The first-order valence-electron chi connectivity index (χ1n) is 7.12. The zero-order valence-corrected chi connectivity index (χ0v) is 15.3. The highest BCUT2D eigenvalue weighted by molar-refractivity contribution is 7.89. The molecule has 3 heterocycles. The van der Waals surface area contributed by atoms with Crippen molar-refractivity contribution in [3.8, 4) is 0 Å². The van der Waals surface area contributed by atoms with Gasteiger partial charge in [0.2, 0.25) is 10.0 Å². The molecule has 22 heavy (non-hydrogen) atoms. The fourth-order valence-electron chi connectivity index (χ4n) is 2.61. The molecule has 5 nitrogen and oxygen atoms in total. The van der Waals surface area contributed by atoms with Gasteiger partial charge >= 0.3 is 0 Å². The van der Waals surface area contributed by atoms with Gasteiger partial charge in [-0.1, -0.05) is 0 Å². The molecule has 0 bridgehead atoms. The summed E-state index contributed by atoms with van der Waals surface area (Å²) in [5.41, 5.74) is 0. The number of aryl methyl sites for hydroxylation is 3. The molecule has 120 valence electrons. The molecule has 0 atom stereocenters. The number of piperazine rings is 1. The Balaban J connectivity index is 1.74. The van der Waals surface area contributed by atoms with Crippen molar-refractivity contribution in [3.63, 3.8) is 0 Å². The summed E-state index contributed by atoms with van der Waals surface area (Å²) in [6.45, 7) is 8.25. The van der Waals surface area contributed by atoms with E-state index < -0.39 is 10.0 Å². The number of rotatable bonds is 3. The van der Waals surface area contributed by atoms with Gasteiger partial charge in [-0.3, -0.25) is 0 Å². The van der Waals surface area contributed by atoms with Gasteiger partial charge in [0.25, 0.3) is 0 Å². The van der Waals surface area contributed by atoms with Crippen molar-refractivity contribution >= 4 is 37.8 Å². The lowest BCUT2D eigenvalue weighted by molar-refractivity contribution is 0.384. The van der Waals surface area contributed by atoms with Gasteiger partial charge in [-0.15, -0.1) is 22.7 Å². The van der Waals surface area contributed by atoms with Crippen LogP contribution in [0.2, 0.25) is 0 Å². The summed E-state index contributed by atoms with van der Waals surface area (Å²) in [6.07, 6.45) is 1.86. The standard InChI is InChI=1S/C14H19N3O2S3/c1-10-8-13(12(3)20-10)22(18,19)17-6-4-16(5-7-17)14-15-9-11(2)21-14/h8-9H,4-7H2,1-3H3. The molecule has 2 aromatic rings. The van der Waals surface area contributed by atoms with Crippen LogP contribution < -0.4 is 4.90 Å². The Morgan fingerprint density at radius 3 is 2.23 bits per heavy atom. The second-order valence-corrected chi connectivity index (χ2v) is 10.0. The van der Waals surface area contributed by atoms with Gasteiger partial charge in [0.05, 0.1) is 4.90 Å². The minimum atomic E-state index is -3.37. The molecule has 1 saturated heterocycles. The summed E-state index contributed by atoms with van der Waals surface area (Å²) >= 11 is 3.19. The molecule has 0 radical (unpaired) electrons. The summed E-state index contributed by atoms with van der Waals surface area (Å²) in [5, 5.41) is 0.983. The average molecular weight is 358 g/mol. The minimum absolute atomic E-state index is 0.466. The molecule has 0 spiro atoms. The quantitative estimate of drug-likeness (QED) is 0.847. The predicted octanol–water partition coefficient (Wildman–Crippen LogP) is 2.64. The maximum Gasteiger partial charge on any atom is 0.244 e. The molecule has 0 saturated carbocycles. The number of hydrogen-bond acceptors (Lipinski definition) is 6. The topological polar surface area (TPSA) is 53.5 Å². The molecule has 3 rings (SSSR count). The van der Waals surface area contributed by atoms with Crippen LogP contribution in [0, 0.1) is 20.8 Å². The molecule has 0 aromatic carbocycles. The number of sulfonamides is 1. The van der Waals surface area contributed by atoms with E-state index in [4.69, 9.17) is 0 Å². The molecule has 8 heteroatoms. The Hall–Kier alpha value is -0.960. The van der Waals surface area contributed by atoms with E-state index in [1.165, 1.54) is 16.2 Å². The molecular formula is C14H19N3O2S3. The maximum absolute atomic E-state index is 12.8. The number of hydrogen-bond donors (Lipinski definition) is 0. The number of thiophene rings is 1.